The normalized spacial score (nSPS) is 52.3. The van der Waals surface area contributed by atoms with Crippen LogP contribution >= 0.6 is 0 Å². The molecule has 0 bridgehead atoms. The minimum Gasteiger partial charge on any atom is -0.383 e. The molecule has 116 valence electrons. The molecular formula is C18H27NO2. The van der Waals surface area contributed by atoms with Crippen LogP contribution in [0.2, 0.25) is 0 Å². The smallest absolute Gasteiger partial charge is 0.253 e. The van der Waals surface area contributed by atoms with Gasteiger partial charge < -0.3 is 10.4 Å². The van der Waals surface area contributed by atoms with E-state index in [2.05, 4.69) is 25.2 Å². The fourth-order valence-corrected chi connectivity index (χ4v) is 6.25. The minimum atomic E-state index is -0.831. The van der Waals surface area contributed by atoms with Gasteiger partial charge in [-0.25, -0.2) is 0 Å². The summed E-state index contributed by atoms with van der Waals surface area (Å²) in [5, 5.41) is 13.1. The zero-order valence-electron chi connectivity index (χ0n) is 13.2. The lowest BCUT2D eigenvalue weighted by atomic mass is 9.50. The predicted octanol–water partition coefficient (Wildman–Crippen LogP) is 2.99. The molecule has 2 saturated carbocycles. The Bertz CT molecular complexity index is 513. The van der Waals surface area contributed by atoms with Gasteiger partial charge in [0.15, 0.2) is 0 Å². The highest BCUT2D eigenvalue weighted by molar-refractivity contribution is 5.84. The number of carbonyl (C=O) groups excluding carboxylic acids is 1. The third kappa shape index (κ3) is 1.79. The van der Waals surface area contributed by atoms with Crippen LogP contribution < -0.4 is 5.32 Å². The number of aliphatic hydroxyl groups is 1. The first kappa shape index (κ1) is 13.8. The van der Waals surface area contributed by atoms with E-state index in [1.807, 2.05) is 0 Å². The van der Waals surface area contributed by atoms with Crippen LogP contribution in [-0.4, -0.2) is 17.1 Å². The van der Waals surface area contributed by atoms with E-state index in [1.165, 1.54) is 32.1 Å². The van der Waals surface area contributed by atoms with E-state index >= 15 is 0 Å². The summed E-state index contributed by atoms with van der Waals surface area (Å²) in [6, 6.07) is 0. The molecule has 1 aliphatic heterocycles. The van der Waals surface area contributed by atoms with Gasteiger partial charge >= 0.3 is 0 Å². The Balaban J connectivity index is 1.70. The van der Waals surface area contributed by atoms with Crippen LogP contribution in [0.1, 0.15) is 58.8 Å². The van der Waals surface area contributed by atoms with E-state index in [0.717, 1.165) is 24.0 Å². The number of allylic oxidation sites excluding steroid dienone is 2. The first-order valence-electron chi connectivity index (χ1n) is 8.64. The van der Waals surface area contributed by atoms with E-state index in [1.54, 1.807) is 0 Å². The summed E-state index contributed by atoms with van der Waals surface area (Å²) in [6.07, 6.45) is 9.91. The molecule has 1 heterocycles. The number of fused-ring (bicyclic) bond motifs is 5. The molecule has 0 aromatic rings. The van der Waals surface area contributed by atoms with Gasteiger partial charge in [-0.05, 0) is 61.7 Å². The first-order valence-corrected chi connectivity index (χ1v) is 8.64. The second-order valence-electron chi connectivity index (χ2n) is 8.44. The highest BCUT2D eigenvalue weighted by Gasteiger charge is 2.57. The molecule has 21 heavy (non-hydrogen) atoms. The Kier molecular flexibility index (Phi) is 2.86. The number of carbonyl (C=O) groups is 1. The molecule has 1 saturated heterocycles. The molecule has 1 unspecified atom stereocenters. The molecule has 0 spiro atoms. The molecule has 0 aromatic carbocycles. The first-order chi connectivity index (χ1) is 9.94. The van der Waals surface area contributed by atoms with Crippen molar-refractivity contribution in [2.75, 3.05) is 0 Å². The third-order valence-electron chi connectivity index (χ3n) is 7.42. The molecule has 0 aromatic heterocycles. The Morgan fingerprint density at radius 3 is 2.86 bits per heavy atom. The fraction of sp³-hybridized carbons (Fsp3) is 0.833. The number of rotatable bonds is 0. The van der Waals surface area contributed by atoms with Crippen molar-refractivity contribution in [2.45, 2.75) is 64.9 Å². The Hall–Kier alpha value is -0.830. The highest BCUT2D eigenvalue weighted by atomic mass is 16.3. The van der Waals surface area contributed by atoms with Gasteiger partial charge in [0.2, 0.25) is 0 Å². The standard InChI is InChI=1S/C18H27NO2/c1-17-8-3-4-12(17)11-5-6-15-18(2,13(11)7-9-17)10-14(20)16(21)19-15/h6,11-14,20H,3-5,7-10H2,1-2H3,(H,19,21)/t11-,12-,13-,14?,17-,18+/m0/s1. The monoisotopic (exact) mass is 289 g/mol. The average Bonchev–Trinajstić information content (AvgIpc) is 2.82. The quantitative estimate of drug-likeness (QED) is 0.720. The van der Waals surface area contributed by atoms with Gasteiger partial charge in [0, 0.05) is 11.1 Å². The van der Waals surface area contributed by atoms with Crippen molar-refractivity contribution in [1.29, 1.82) is 0 Å². The second kappa shape index (κ2) is 4.34. The topological polar surface area (TPSA) is 49.3 Å². The summed E-state index contributed by atoms with van der Waals surface area (Å²) < 4.78 is 0. The maximum atomic E-state index is 11.8. The number of piperidine rings is 1. The van der Waals surface area contributed by atoms with E-state index in [4.69, 9.17) is 0 Å². The van der Waals surface area contributed by atoms with Gasteiger partial charge in [-0.3, -0.25) is 4.79 Å². The lowest BCUT2D eigenvalue weighted by molar-refractivity contribution is -0.136. The molecule has 3 fully saturated rings. The largest absolute Gasteiger partial charge is 0.383 e. The van der Waals surface area contributed by atoms with E-state index in [-0.39, 0.29) is 11.3 Å². The molecule has 1 amide bonds. The van der Waals surface area contributed by atoms with Crippen LogP contribution in [0.4, 0.5) is 0 Å². The molecule has 0 radical (unpaired) electrons. The molecular weight excluding hydrogens is 262 g/mol. The second-order valence-corrected chi connectivity index (χ2v) is 8.44. The molecule has 2 N–H and O–H groups in total. The average molecular weight is 289 g/mol. The SMILES string of the molecule is C[C@@]12CCC[C@H]1[C@@H]1CC=C3NC(=O)C(O)C[C@]3(C)[C@H]1CC2. The van der Waals surface area contributed by atoms with Crippen molar-refractivity contribution in [2.24, 2.45) is 28.6 Å². The molecule has 4 rings (SSSR count). The van der Waals surface area contributed by atoms with Crippen LogP contribution in [0.25, 0.3) is 0 Å². The van der Waals surface area contributed by atoms with Crippen molar-refractivity contribution in [3.8, 4) is 0 Å². The summed E-state index contributed by atoms with van der Waals surface area (Å²) in [4.78, 5) is 11.8. The maximum Gasteiger partial charge on any atom is 0.253 e. The van der Waals surface area contributed by atoms with Gasteiger partial charge in [-0.1, -0.05) is 26.3 Å². The van der Waals surface area contributed by atoms with Crippen molar-refractivity contribution >= 4 is 5.91 Å². The molecule has 4 aliphatic rings. The predicted molar refractivity (Wildman–Crippen MR) is 81.2 cm³/mol. The summed E-state index contributed by atoms with van der Waals surface area (Å²) in [5.41, 5.74) is 1.63. The van der Waals surface area contributed by atoms with E-state index in [9.17, 15) is 9.90 Å². The van der Waals surface area contributed by atoms with Crippen molar-refractivity contribution < 1.29 is 9.90 Å². The third-order valence-corrected chi connectivity index (χ3v) is 7.42. The summed E-state index contributed by atoms with van der Waals surface area (Å²) >= 11 is 0. The summed E-state index contributed by atoms with van der Waals surface area (Å²) in [6.45, 7) is 4.77. The van der Waals surface area contributed by atoms with Crippen LogP contribution in [-0.2, 0) is 4.79 Å². The lowest BCUT2D eigenvalue weighted by Gasteiger charge is -2.56. The number of hydrogen-bond acceptors (Lipinski definition) is 2. The number of nitrogens with one attached hydrogen (secondary N) is 1. The van der Waals surface area contributed by atoms with Gasteiger partial charge in [0.1, 0.15) is 6.10 Å². The van der Waals surface area contributed by atoms with Crippen molar-refractivity contribution in [3.05, 3.63) is 11.8 Å². The fourth-order valence-electron chi connectivity index (χ4n) is 6.25. The molecule has 3 nitrogen and oxygen atoms in total. The zero-order valence-corrected chi connectivity index (χ0v) is 13.2. The van der Waals surface area contributed by atoms with E-state index < -0.39 is 6.10 Å². The van der Waals surface area contributed by atoms with Crippen molar-refractivity contribution in [3.63, 3.8) is 0 Å². The van der Waals surface area contributed by atoms with Crippen LogP contribution in [0.5, 0.6) is 0 Å². The van der Waals surface area contributed by atoms with Gasteiger partial charge in [-0.2, -0.15) is 0 Å². The highest BCUT2D eigenvalue weighted by Crippen LogP contribution is 2.63. The van der Waals surface area contributed by atoms with Crippen LogP contribution in [0.3, 0.4) is 0 Å². The van der Waals surface area contributed by atoms with Gasteiger partial charge in [-0.15, -0.1) is 0 Å². The Morgan fingerprint density at radius 2 is 2.05 bits per heavy atom. The number of amides is 1. The van der Waals surface area contributed by atoms with Gasteiger partial charge in [0.05, 0.1) is 0 Å². The minimum absolute atomic E-state index is 0.0276. The molecule has 3 aliphatic carbocycles. The number of aliphatic hydroxyl groups excluding tert-OH is 1. The lowest BCUT2D eigenvalue weighted by Crippen LogP contribution is -2.56. The summed E-state index contributed by atoms with van der Waals surface area (Å²) in [5.74, 6) is 2.02. The van der Waals surface area contributed by atoms with Crippen LogP contribution in [0.15, 0.2) is 11.8 Å². The molecule has 6 atom stereocenters. The molecule has 3 heteroatoms. The van der Waals surface area contributed by atoms with Gasteiger partial charge in [0.25, 0.3) is 5.91 Å². The van der Waals surface area contributed by atoms with Crippen LogP contribution in [0, 0.1) is 28.6 Å². The maximum absolute atomic E-state index is 11.8. The summed E-state index contributed by atoms with van der Waals surface area (Å²) in [7, 11) is 0. The zero-order chi connectivity index (χ0) is 14.8. The Morgan fingerprint density at radius 1 is 1.24 bits per heavy atom. The number of hydrogen-bond donors (Lipinski definition) is 2. The van der Waals surface area contributed by atoms with Crippen molar-refractivity contribution in [1.82, 2.24) is 5.32 Å². The van der Waals surface area contributed by atoms with E-state index in [0.29, 0.717) is 17.8 Å². The Labute approximate surface area is 127 Å².